The highest BCUT2D eigenvalue weighted by Gasteiger charge is 2.39. The summed E-state index contributed by atoms with van der Waals surface area (Å²) in [6.45, 7) is 7.48. The zero-order valence-corrected chi connectivity index (χ0v) is 12.3. The minimum atomic E-state index is 0.0333. The minimum absolute atomic E-state index is 0.0333. The molecule has 5 nitrogen and oxygen atoms in total. The van der Waals surface area contributed by atoms with Gasteiger partial charge >= 0.3 is 0 Å². The summed E-state index contributed by atoms with van der Waals surface area (Å²) in [6, 6.07) is 0. The van der Waals surface area contributed by atoms with Gasteiger partial charge in [0.15, 0.2) is 0 Å². The van der Waals surface area contributed by atoms with E-state index in [0.29, 0.717) is 23.8 Å². The molecule has 1 aromatic rings. The third-order valence-electron chi connectivity index (χ3n) is 4.53. The number of aryl methyl sites for hydroxylation is 1. The fraction of sp³-hybridized carbons (Fsp3) is 0.667. The molecule has 0 aromatic carbocycles. The van der Waals surface area contributed by atoms with Crippen molar-refractivity contribution in [2.45, 2.75) is 45.8 Å². The van der Waals surface area contributed by atoms with Crippen molar-refractivity contribution >= 4 is 5.91 Å². The third-order valence-corrected chi connectivity index (χ3v) is 4.53. The van der Waals surface area contributed by atoms with E-state index in [1.54, 1.807) is 0 Å². The van der Waals surface area contributed by atoms with Crippen molar-refractivity contribution in [3.63, 3.8) is 0 Å². The summed E-state index contributed by atoms with van der Waals surface area (Å²) in [6.07, 6.45) is 4.12. The number of hydrogen-bond donors (Lipinski definition) is 0. The van der Waals surface area contributed by atoms with E-state index < -0.39 is 0 Å². The number of nitrogens with zero attached hydrogens (tertiary/aromatic N) is 3. The topological polar surface area (TPSA) is 55.3 Å². The van der Waals surface area contributed by atoms with Crippen LogP contribution in [0.25, 0.3) is 0 Å². The number of aromatic nitrogens is 2. The highest BCUT2D eigenvalue weighted by Crippen LogP contribution is 2.33. The normalized spacial score (nSPS) is 29.4. The van der Waals surface area contributed by atoms with Gasteiger partial charge in [-0.25, -0.2) is 9.97 Å². The Balaban J connectivity index is 1.77. The zero-order valence-electron chi connectivity index (χ0n) is 12.3. The van der Waals surface area contributed by atoms with Gasteiger partial charge in [-0.1, -0.05) is 0 Å². The van der Waals surface area contributed by atoms with Crippen molar-refractivity contribution in [2.75, 3.05) is 13.1 Å². The molecule has 1 aromatic heterocycles. The Hall–Kier alpha value is -1.49. The average molecular weight is 275 g/mol. The Morgan fingerprint density at radius 2 is 2.20 bits per heavy atom. The molecule has 108 valence electrons. The number of likely N-dealkylation sites (tertiary alicyclic amines) is 1. The van der Waals surface area contributed by atoms with Crippen LogP contribution in [-0.2, 0) is 4.74 Å². The summed E-state index contributed by atoms with van der Waals surface area (Å²) in [5.41, 5.74) is 2.30. The van der Waals surface area contributed by atoms with Gasteiger partial charge in [0.25, 0.3) is 5.91 Å². The third kappa shape index (κ3) is 2.30. The van der Waals surface area contributed by atoms with Gasteiger partial charge < -0.3 is 9.64 Å². The number of amides is 1. The smallest absolute Gasteiger partial charge is 0.272 e. The van der Waals surface area contributed by atoms with Crippen LogP contribution in [0.1, 0.15) is 41.5 Å². The van der Waals surface area contributed by atoms with Gasteiger partial charge in [0.05, 0.1) is 12.2 Å². The lowest BCUT2D eigenvalue weighted by atomic mass is 9.92. The highest BCUT2D eigenvalue weighted by molar-refractivity contribution is 5.93. The maximum absolute atomic E-state index is 12.6. The molecule has 0 unspecified atom stereocenters. The molecular weight excluding hydrogens is 254 g/mol. The lowest BCUT2D eigenvalue weighted by Gasteiger charge is -2.34. The summed E-state index contributed by atoms with van der Waals surface area (Å²) < 4.78 is 5.88. The van der Waals surface area contributed by atoms with Gasteiger partial charge in [0, 0.05) is 30.3 Å². The van der Waals surface area contributed by atoms with E-state index in [1.165, 1.54) is 6.33 Å². The molecular formula is C15H21N3O2. The van der Waals surface area contributed by atoms with Gasteiger partial charge in [-0.15, -0.1) is 0 Å². The Morgan fingerprint density at radius 3 is 3.00 bits per heavy atom. The fourth-order valence-electron chi connectivity index (χ4n) is 3.28. The van der Waals surface area contributed by atoms with Crippen molar-refractivity contribution in [3.05, 3.63) is 23.3 Å². The molecule has 5 heteroatoms. The van der Waals surface area contributed by atoms with E-state index in [2.05, 4.69) is 16.9 Å². The second-order valence-electron chi connectivity index (χ2n) is 5.95. The van der Waals surface area contributed by atoms with Crippen molar-refractivity contribution in [2.24, 2.45) is 5.92 Å². The van der Waals surface area contributed by atoms with Crippen LogP contribution in [0.15, 0.2) is 6.33 Å². The van der Waals surface area contributed by atoms with Crippen LogP contribution in [0.5, 0.6) is 0 Å². The first-order valence-corrected chi connectivity index (χ1v) is 7.29. The fourth-order valence-corrected chi connectivity index (χ4v) is 3.28. The molecule has 3 heterocycles. The summed E-state index contributed by atoms with van der Waals surface area (Å²) in [4.78, 5) is 22.9. The minimum Gasteiger partial charge on any atom is -0.375 e. The van der Waals surface area contributed by atoms with Gasteiger partial charge in [0.2, 0.25) is 0 Å². The largest absolute Gasteiger partial charge is 0.375 e. The lowest BCUT2D eigenvalue weighted by Crippen LogP contribution is -2.45. The summed E-state index contributed by atoms with van der Waals surface area (Å²) in [5, 5.41) is 0. The molecule has 0 N–H and O–H groups in total. The van der Waals surface area contributed by atoms with E-state index in [4.69, 9.17) is 4.74 Å². The molecule has 2 aliphatic heterocycles. The van der Waals surface area contributed by atoms with Crippen molar-refractivity contribution < 1.29 is 9.53 Å². The van der Waals surface area contributed by atoms with Crippen molar-refractivity contribution in [1.82, 2.24) is 14.9 Å². The number of hydrogen-bond acceptors (Lipinski definition) is 4. The Bertz CT molecular complexity index is 532. The Kier molecular flexibility index (Phi) is 3.46. The van der Waals surface area contributed by atoms with E-state index >= 15 is 0 Å². The summed E-state index contributed by atoms with van der Waals surface area (Å²) in [5.74, 6) is 0.511. The molecule has 0 bridgehead atoms. The average Bonchev–Trinajstić information content (AvgIpc) is 2.80. The molecule has 0 saturated carbocycles. The molecule has 0 spiro atoms. The first-order chi connectivity index (χ1) is 9.56. The van der Waals surface area contributed by atoms with E-state index in [-0.39, 0.29) is 5.91 Å². The van der Waals surface area contributed by atoms with Crippen LogP contribution < -0.4 is 0 Å². The van der Waals surface area contributed by atoms with E-state index in [0.717, 1.165) is 37.2 Å². The van der Waals surface area contributed by atoms with Crippen LogP contribution in [0.4, 0.5) is 0 Å². The van der Waals surface area contributed by atoms with E-state index in [9.17, 15) is 4.79 Å². The molecule has 0 radical (unpaired) electrons. The maximum Gasteiger partial charge on any atom is 0.272 e. The second kappa shape index (κ2) is 5.13. The number of rotatable bonds is 1. The summed E-state index contributed by atoms with van der Waals surface area (Å²) in [7, 11) is 0. The van der Waals surface area contributed by atoms with Crippen molar-refractivity contribution in [3.8, 4) is 0 Å². The van der Waals surface area contributed by atoms with Gasteiger partial charge in [-0.2, -0.15) is 0 Å². The molecule has 3 atom stereocenters. The SMILES string of the molecule is Cc1ncnc(C(=O)N2CC[C@@H]3O[C@@H](C)C[C@H]3C2)c1C. The maximum atomic E-state index is 12.6. The Labute approximate surface area is 119 Å². The molecule has 20 heavy (non-hydrogen) atoms. The van der Waals surface area contributed by atoms with Crippen molar-refractivity contribution in [1.29, 1.82) is 0 Å². The summed E-state index contributed by atoms with van der Waals surface area (Å²) >= 11 is 0. The predicted octanol–water partition coefficient (Wildman–Crippen LogP) is 1.73. The number of carbonyl (C=O) groups is 1. The van der Waals surface area contributed by atoms with Crippen LogP contribution in [-0.4, -0.2) is 46.1 Å². The number of fused-ring (bicyclic) bond motifs is 1. The standard InChI is InChI=1S/C15H21N3O2/c1-9-6-12-7-18(5-4-13(12)20-9)15(19)14-10(2)11(3)16-8-17-14/h8-9,12-13H,4-7H2,1-3H3/t9-,12-,13-/m0/s1. The molecule has 3 rings (SSSR count). The molecule has 2 saturated heterocycles. The van der Waals surface area contributed by atoms with Crippen LogP contribution in [0, 0.1) is 19.8 Å². The monoisotopic (exact) mass is 275 g/mol. The van der Waals surface area contributed by atoms with Crippen LogP contribution in [0.3, 0.4) is 0 Å². The molecule has 1 amide bonds. The number of carbonyl (C=O) groups excluding carboxylic acids is 1. The zero-order chi connectivity index (χ0) is 14.3. The van der Waals surface area contributed by atoms with E-state index in [1.807, 2.05) is 18.7 Å². The Morgan fingerprint density at radius 1 is 1.40 bits per heavy atom. The van der Waals surface area contributed by atoms with Gasteiger partial charge in [-0.3, -0.25) is 4.79 Å². The number of ether oxygens (including phenoxy) is 1. The molecule has 2 fully saturated rings. The predicted molar refractivity (Wildman–Crippen MR) is 74.5 cm³/mol. The second-order valence-corrected chi connectivity index (χ2v) is 5.95. The number of piperidine rings is 1. The quantitative estimate of drug-likeness (QED) is 0.783. The van der Waals surface area contributed by atoms with Gasteiger partial charge in [-0.05, 0) is 33.6 Å². The highest BCUT2D eigenvalue weighted by atomic mass is 16.5. The lowest BCUT2D eigenvalue weighted by molar-refractivity contribution is 0.00847. The van der Waals surface area contributed by atoms with Crippen LogP contribution in [0.2, 0.25) is 0 Å². The molecule has 0 aliphatic carbocycles. The van der Waals surface area contributed by atoms with Gasteiger partial charge in [0.1, 0.15) is 12.0 Å². The van der Waals surface area contributed by atoms with Crippen LogP contribution >= 0.6 is 0 Å². The first-order valence-electron chi connectivity index (χ1n) is 7.29. The first kappa shape index (κ1) is 13.5. The molecule has 2 aliphatic rings.